The fourth-order valence-corrected chi connectivity index (χ4v) is 3.39. The Balaban J connectivity index is 2.78. The Morgan fingerprint density at radius 3 is 2.41 bits per heavy atom. The molecule has 0 amide bonds. The number of hydrogen-bond donors (Lipinski definition) is 0. The third-order valence-corrected chi connectivity index (χ3v) is 9.85. The number of carbonyl (C=O) groups excluding carboxylic acids is 1. The molecule has 5 heteroatoms. The van der Waals surface area contributed by atoms with E-state index < -0.39 is 14.4 Å². The van der Waals surface area contributed by atoms with E-state index in [1.165, 1.54) is 0 Å². The third kappa shape index (κ3) is 4.63. The van der Waals surface area contributed by atoms with Crippen molar-refractivity contribution < 1.29 is 18.7 Å². The van der Waals surface area contributed by atoms with Crippen molar-refractivity contribution in [3.8, 4) is 0 Å². The first kappa shape index (κ1) is 19.8. The van der Waals surface area contributed by atoms with Gasteiger partial charge >= 0.3 is 0 Å². The van der Waals surface area contributed by atoms with E-state index in [4.69, 9.17) is 13.9 Å². The molecule has 0 aromatic heterocycles. The van der Waals surface area contributed by atoms with Crippen LogP contribution in [0.1, 0.15) is 47.5 Å². The minimum Gasteiger partial charge on any atom is -0.414 e. The third-order valence-electron chi connectivity index (χ3n) is 5.35. The molecule has 1 saturated heterocycles. The molecule has 0 saturated carbocycles. The lowest BCUT2D eigenvalue weighted by Crippen LogP contribution is -2.52. The summed E-state index contributed by atoms with van der Waals surface area (Å²) in [6.45, 7) is 15.8. The number of methoxy groups -OCH3 is 1. The van der Waals surface area contributed by atoms with Gasteiger partial charge in [-0.15, -0.1) is 0 Å². The van der Waals surface area contributed by atoms with Gasteiger partial charge in [0.15, 0.2) is 14.1 Å². The molecule has 1 heterocycles. The van der Waals surface area contributed by atoms with Crippen molar-refractivity contribution in [2.24, 2.45) is 5.92 Å². The first-order chi connectivity index (χ1) is 10.0. The number of rotatable bonds is 6. The van der Waals surface area contributed by atoms with Gasteiger partial charge in [0.25, 0.3) is 0 Å². The van der Waals surface area contributed by atoms with Crippen molar-refractivity contribution in [2.75, 3.05) is 13.7 Å². The maximum atomic E-state index is 12.3. The largest absolute Gasteiger partial charge is 0.414 e. The first-order valence-electron chi connectivity index (χ1n) is 8.38. The van der Waals surface area contributed by atoms with E-state index in [0.29, 0.717) is 18.9 Å². The molecule has 0 N–H and O–H groups in total. The van der Waals surface area contributed by atoms with Crippen LogP contribution in [-0.2, 0) is 18.7 Å². The van der Waals surface area contributed by atoms with Crippen LogP contribution >= 0.6 is 0 Å². The lowest BCUT2D eigenvalue weighted by Gasteiger charge is -2.41. The molecule has 0 spiro atoms. The van der Waals surface area contributed by atoms with Crippen LogP contribution in [0.25, 0.3) is 0 Å². The maximum absolute atomic E-state index is 12.3. The van der Waals surface area contributed by atoms with Gasteiger partial charge in [-0.3, -0.25) is 4.79 Å². The van der Waals surface area contributed by atoms with E-state index in [1.54, 1.807) is 7.11 Å². The molecule has 0 aliphatic carbocycles. The van der Waals surface area contributed by atoms with E-state index in [0.717, 1.165) is 6.42 Å². The van der Waals surface area contributed by atoms with Gasteiger partial charge in [-0.05, 0) is 24.1 Å². The molecule has 0 aromatic carbocycles. The number of hydrogen-bond acceptors (Lipinski definition) is 4. The first-order valence-corrected chi connectivity index (χ1v) is 11.3. The number of Topliss-reactive ketones (excluding diaryl/α,β-unsaturated/α-hetero) is 1. The zero-order valence-corrected chi connectivity index (χ0v) is 16.6. The van der Waals surface area contributed by atoms with Gasteiger partial charge in [0, 0.05) is 13.5 Å². The van der Waals surface area contributed by atoms with Crippen molar-refractivity contribution in [1.29, 1.82) is 0 Å². The summed E-state index contributed by atoms with van der Waals surface area (Å²) in [6.07, 6.45) is 0.650. The second-order valence-electron chi connectivity index (χ2n) is 8.00. The lowest BCUT2D eigenvalue weighted by molar-refractivity contribution is -0.173. The van der Waals surface area contributed by atoms with Crippen LogP contribution in [0.4, 0.5) is 0 Å². The smallest absolute Gasteiger partial charge is 0.192 e. The molecule has 130 valence electrons. The Hall–Kier alpha value is -0.233. The van der Waals surface area contributed by atoms with Gasteiger partial charge in [-0.25, -0.2) is 0 Å². The molecule has 1 rings (SSSR count). The second kappa shape index (κ2) is 7.56. The highest BCUT2D eigenvalue weighted by atomic mass is 28.4. The Bertz CT molecular complexity index is 375. The molecule has 1 aliphatic heterocycles. The molecule has 0 aromatic rings. The van der Waals surface area contributed by atoms with Crippen LogP contribution in [0.5, 0.6) is 0 Å². The number of ether oxygens (including phenoxy) is 2. The molecule has 4 nitrogen and oxygen atoms in total. The number of carbonyl (C=O) groups is 1. The van der Waals surface area contributed by atoms with Crippen LogP contribution in [0, 0.1) is 5.92 Å². The highest BCUT2D eigenvalue weighted by molar-refractivity contribution is 6.74. The molecular weight excluding hydrogens is 296 g/mol. The SMILES string of the molecule is CCC(C)[C@@H]1CC(=O)[C@H](OC)[C@@H](CO[Si](C)(C)C(C)(C)C)O1. The van der Waals surface area contributed by atoms with Crippen LogP contribution in [0.2, 0.25) is 18.1 Å². The molecule has 4 atom stereocenters. The van der Waals surface area contributed by atoms with Crippen molar-refractivity contribution in [1.82, 2.24) is 0 Å². The summed E-state index contributed by atoms with van der Waals surface area (Å²) in [6, 6.07) is 0. The van der Waals surface area contributed by atoms with Gasteiger partial charge in [-0.1, -0.05) is 41.0 Å². The summed E-state index contributed by atoms with van der Waals surface area (Å²) >= 11 is 0. The van der Waals surface area contributed by atoms with E-state index in [-0.39, 0.29) is 23.0 Å². The van der Waals surface area contributed by atoms with Crippen molar-refractivity contribution in [3.05, 3.63) is 0 Å². The minimum absolute atomic E-state index is 0.0167. The van der Waals surface area contributed by atoms with Crippen LogP contribution in [0.15, 0.2) is 0 Å². The normalized spacial score (nSPS) is 28.7. The molecule has 0 radical (unpaired) electrons. The predicted octanol–water partition coefficient (Wildman–Crippen LogP) is 3.80. The van der Waals surface area contributed by atoms with Crippen molar-refractivity contribution >= 4 is 14.1 Å². The molecular formula is C17H34O4Si. The quantitative estimate of drug-likeness (QED) is 0.695. The second-order valence-corrected chi connectivity index (χ2v) is 12.8. The van der Waals surface area contributed by atoms with E-state index in [1.807, 2.05) is 0 Å². The summed E-state index contributed by atoms with van der Waals surface area (Å²) in [4.78, 5) is 12.3. The predicted molar refractivity (Wildman–Crippen MR) is 91.7 cm³/mol. The van der Waals surface area contributed by atoms with Gasteiger partial charge in [-0.2, -0.15) is 0 Å². The average Bonchev–Trinajstić information content (AvgIpc) is 2.42. The summed E-state index contributed by atoms with van der Waals surface area (Å²) in [5.41, 5.74) is 0. The Morgan fingerprint density at radius 2 is 1.95 bits per heavy atom. The van der Waals surface area contributed by atoms with E-state index >= 15 is 0 Å². The number of ketones is 1. The van der Waals surface area contributed by atoms with Crippen LogP contribution in [-0.4, -0.2) is 46.1 Å². The van der Waals surface area contributed by atoms with Gasteiger partial charge in [0.1, 0.15) is 12.2 Å². The molecule has 22 heavy (non-hydrogen) atoms. The fraction of sp³-hybridized carbons (Fsp3) is 0.941. The van der Waals surface area contributed by atoms with E-state index in [9.17, 15) is 4.79 Å². The maximum Gasteiger partial charge on any atom is 0.192 e. The van der Waals surface area contributed by atoms with Gasteiger partial charge in [0.2, 0.25) is 0 Å². The summed E-state index contributed by atoms with van der Waals surface area (Å²) < 4.78 is 17.8. The standard InChI is InChI=1S/C17H34O4Si/c1-9-12(2)14-10-13(18)16(19-6)15(21-14)11-20-22(7,8)17(3,4)5/h12,14-16H,9-11H2,1-8H3/t12?,14-,15+,16-/m0/s1. The van der Waals surface area contributed by atoms with Gasteiger partial charge < -0.3 is 13.9 Å². The van der Waals surface area contributed by atoms with Crippen LogP contribution in [0.3, 0.4) is 0 Å². The highest BCUT2D eigenvalue weighted by Gasteiger charge is 2.42. The Labute approximate surface area is 137 Å². The monoisotopic (exact) mass is 330 g/mol. The zero-order valence-electron chi connectivity index (χ0n) is 15.6. The van der Waals surface area contributed by atoms with Gasteiger partial charge in [0.05, 0.1) is 12.7 Å². The average molecular weight is 331 g/mol. The molecule has 1 unspecified atom stereocenters. The Kier molecular flexibility index (Phi) is 6.81. The minimum atomic E-state index is -1.86. The molecule has 1 fully saturated rings. The summed E-state index contributed by atoms with van der Waals surface area (Å²) in [5.74, 6) is 0.514. The van der Waals surface area contributed by atoms with Crippen molar-refractivity contribution in [2.45, 2.75) is 83.9 Å². The molecule has 1 aliphatic rings. The topological polar surface area (TPSA) is 44.8 Å². The Morgan fingerprint density at radius 1 is 1.36 bits per heavy atom. The fourth-order valence-electron chi connectivity index (χ4n) is 2.38. The lowest BCUT2D eigenvalue weighted by atomic mass is 9.91. The highest BCUT2D eigenvalue weighted by Crippen LogP contribution is 2.37. The summed E-state index contributed by atoms with van der Waals surface area (Å²) in [7, 11) is -0.279. The van der Waals surface area contributed by atoms with Crippen molar-refractivity contribution in [3.63, 3.8) is 0 Å². The molecule has 0 bridgehead atoms. The van der Waals surface area contributed by atoms with E-state index in [2.05, 4.69) is 47.7 Å². The summed E-state index contributed by atoms with van der Waals surface area (Å²) in [5, 5.41) is 0.143. The zero-order chi connectivity index (χ0) is 17.1. The van der Waals surface area contributed by atoms with Crippen LogP contribution < -0.4 is 0 Å².